The number of nitrogens with one attached hydrogen (secondary N) is 1. The predicted octanol–water partition coefficient (Wildman–Crippen LogP) is 3.56. The Morgan fingerprint density at radius 3 is 2.95 bits per heavy atom. The summed E-state index contributed by atoms with van der Waals surface area (Å²) in [6.45, 7) is 11.4. The van der Waals surface area contributed by atoms with E-state index in [1.165, 1.54) is 15.6 Å². The van der Waals surface area contributed by atoms with Crippen molar-refractivity contribution in [2.75, 3.05) is 19.7 Å². The van der Waals surface area contributed by atoms with Gasteiger partial charge in [-0.25, -0.2) is 0 Å². The Labute approximate surface area is 137 Å². The first-order valence-electron chi connectivity index (χ1n) is 7.89. The highest BCUT2D eigenvalue weighted by Gasteiger charge is 2.16. The van der Waals surface area contributed by atoms with E-state index in [-0.39, 0.29) is 0 Å². The zero-order chi connectivity index (χ0) is 15.2. The molecule has 0 spiro atoms. The van der Waals surface area contributed by atoms with Crippen LogP contribution >= 0.6 is 15.9 Å². The van der Waals surface area contributed by atoms with Gasteiger partial charge in [-0.3, -0.25) is 4.90 Å². The highest BCUT2D eigenvalue weighted by molar-refractivity contribution is 9.10. The van der Waals surface area contributed by atoms with Crippen LogP contribution in [-0.4, -0.2) is 36.7 Å². The molecule has 118 valence electrons. The standard InChI is InChI=1S/C17H27BrN2O/c1-13(2)19-10-15-5-6-16(17(18)9-15)12-20-7-4-8-21-14(3)11-20/h5-6,9,13-14,19H,4,7-8,10-12H2,1-3H3. The Balaban J connectivity index is 1.96. The van der Waals surface area contributed by atoms with Gasteiger partial charge in [-0.05, 0) is 30.5 Å². The van der Waals surface area contributed by atoms with Gasteiger partial charge in [-0.15, -0.1) is 0 Å². The normalized spacial score (nSPS) is 20.7. The minimum Gasteiger partial charge on any atom is -0.377 e. The van der Waals surface area contributed by atoms with Gasteiger partial charge in [0, 0.05) is 43.3 Å². The number of rotatable bonds is 5. The average molecular weight is 355 g/mol. The first kappa shape index (κ1) is 16.9. The molecule has 0 aromatic heterocycles. The third-order valence-corrected chi connectivity index (χ3v) is 4.50. The zero-order valence-electron chi connectivity index (χ0n) is 13.4. The topological polar surface area (TPSA) is 24.5 Å². The van der Waals surface area contributed by atoms with E-state index in [2.05, 4.69) is 65.1 Å². The smallest absolute Gasteiger partial charge is 0.0674 e. The van der Waals surface area contributed by atoms with Crippen LogP contribution in [0, 0.1) is 0 Å². The molecule has 1 unspecified atom stereocenters. The van der Waals surface area contributed by atoms with E-state index >= 15 is 0 Å². The fraction of sp³-hybridized carbons (Fsp3) is 0.647. The van der Waals surface area contributed by atoms with Crippen LogP contribution in [0.1, 0.15) is 38.3 Å². The molecule has 1 aromatic rings. The summed E-state index contributed by atoms with van der Waals surface area (Å²) >= 11 is 3.73. The van der Waals surface area contributed by atoms with Crippen molar-refractivity contribution in [3.05, 3.63) is 33.8 Å². The second-order valence-corrected chi connectivity index (χ2v) is 7.09. The summed E-state index contributed by atoms with van der Waals surface area (Å²) in [5, 5.41) is 3.46. The lowest BCUT2D eigenvalue weighted by molar-refractivity contribution is 0.0668. The Hall–Kier alpha value is -0.420. The van der Waals surface area contributed by atoms with Gasteiger partial charge in [0.1, 0.15) is 0 Å². The fourth-order valence-electron chi connectivity index (χ4n) is 2.62. The molecule has 4 heteroatoms. The quantitative estimate of drug-likeness (QED) is 0.874. The fourth-order valence-corrected chi connectivity index (χ4v) is 3.17. The van der Waals surface area contributed by atoms with E-state index in [1.807, 2.05) is 0 Å². The second-order valence-electron chi connectivity index (χ2n) is 6.23. The van der Waals surface area contributed by atoms with E-state index < -0.39 is 0 Å². The molecule has 1 saturated heterocycles. The number of halogens is 1. The van der Waals surface area contributed by atoms with Crippen molar-refractivity contribution in [2.45, 2.75) is 52.4 Å². The minimum absolute atomic E-state index is 0.334. The van der Waals surface area contributed by atoms with Crippen molar-refractivity contribution in [1.29, 1.82) is 0 Å². The summed E-state index contributed by atoms with van der Waals surface area (Å²) in [7, 11) is 0. The number of ether oxygens (including phenoxy) is 1. The summed E-state index contributed by atoms with van der Waals surface area (Å²) in [5.41, 5.74) is 2.68. The summed E-state index contributed by atoms with van der Waals surface area (Å²) < 4.78 is 6.92. The molecule has 1 aromatic carbocycles. The largest absolute Gasteiger partial charge is 0.377 e. The van der Waals surface area contributed by atoms with Crippen LogP contribution in [0.5, 0.6) is 0 Å². The molecule has 0 aliphatic carbocycles. The van der Waals surface area contributed by atoms with Gasteiger partial charge in [-0.2, -0.15) is 0 Å². The highest BCUT2D eigenvalue weighted by Crippen LogP contribution is 2.21. The van der Waals surface area contributed by atoms with Crippen LogP contribution in [0.15, 0.2) is 22.7 Å². The zero-order valence-corrected chi connectivity index (χ0v) is 14.9. The molecule has 0 amide bonds. The third-order valence-electron chi connectivity index (χ3n) is 3.76. The lowest BCUT2D eigenvalue weighted by Gasteiger charge is -2.22. The van der Waals surface area contributed by atoms with E-state index in [0.29, 0.717) is 12.1 Å². The maximum Gasteiger partial charge on any atom is 0.0674 e. The SMILES string of the molecule is CC(C)NCc1ccc(CN2CCCOC(C)C2)c(Br)c1. The van der Waals surface area contributed by atoms with E-state index in [1.54, 1.807) is 0 Å². The van der Waals surface area contributed by atoms with Crippen molar-refractivity contribution >= 4 is 15.9 Å². The van der Waals surface area contributed by atoms with Crippen LogP contribution in [0.4, 0.5) is 0 Å². The number of hydrogen-bond donors (Lipinski definition) is 1. The summed E-state index contributed by atoms with van der Waals surface area (Å²) in [4.78, 5) is 2.49. The van der Waals surface area contributed by atoms with Crippen molar-refractivity contribution in [3.8, 4) is 0 Å². The molecule has 21 heavy (non-hydrogen) atoms. The van der Waals surface area contributed by atoms with Gasteiger partial charge in [0.25, 0.3) is 0 Å². The van der Waals surface area contributed by atoms with Gasteiger partial charge < -0.3 is 10.1 Å². The predicted molar refractivity (Wildman–Crippen MR) is 91.4 cm³/mol. The lowest BCUT2D eigenvalue weighted by Crippen LogP contribution is -2.30. The molecule has 1 atom stereocenters. The van der Waals surface area contributed by atoms with Crippen LogP contribution < -0.4 is 5.32 Å². The Morgan fingerprint density at radius 2 is 2.24 bits per heavy atom. The van der Waals surface area contributed by atoms with Gasteiger partial charge >= 0.3 is 0 Å². The molecule has 0 bridgehead atoms. The van der Waals surface area contributed by atoms with Crippen molar-refractivity contribution in [1.82, 2.24) is 10.2 Å². The van der Waals surface area contributed by atoms with Gasteiger partial charge in [-0.1, -0.05) is 41.9 Å². The average Bonchev–Trinajstić information content (AvgIpc) is 2.63. The molecule has 3 nitrogen and oxygen atoms in total. The highest BCUT2D eigenvalue weighted by atomic mass is 79.9. The number of benzene rings is 1. The number of nitrogens with zero attached hydrogens (tertiary/aromatic N) is 1. The van der Waals surface area contributed by atoms with E-state index in [4.69, 9.17) is 4.74 Å². The third kappa shape index (κ3) is 5.70. The maximum absolute atomic E-state index is 5.71. The van der Waals surface area contributed by atoms with Crippen molar-refractivity contribution in [3.63, 3.8) is 0 Å². The molecule has 1 heterocycles. The molecule has 2 rings (SSSR count). The molecule has 1 fully saturated rings. The summed E-state index contributed by atoms with van der Waals surface area (Å²) in [6.07, 6.45) is 1.46. The van der Waals surface area contributed by atoms with Crippen LogP contribution in [0.2, 0.25) is 0 Å². The van der Waals surface area contributed by atoms with Crippen LogP contribution in [0.25, 0.3) is 0 Å². The van der Waals surface area contributed by atoms with E-state index in [9.17, 15) is 0 Å². The van der Waals surface area contributed by atoms with Crippen LogP contribution in [0.3, 0.4) is 0 Å². The lowest BCUT2D eigenvalue weighted by atomic mass is 10.1. The molecule has 1 aliphatic heterocycles. The monoisotopic (exact) mass is 354 g/mol. The minimum atomic E-state index is 0.334. The molecular weight excluding hydrogens is 328 g/mol. The van der Waals surface area contributed by atoms with Gasteiger partial charge in [0.05, 0.1) is 6.10 Å². The first-order valence-corrected chi connectivity index (χ1v) is 8.68. The summed E-state index contributed by atoms with van der Waals surface area (Å²) in [6, 6.07) is 7.23. The molecule has 0 saturated carbocycles. The molecular formula is C17H27BrN2O. The van der Waals surface area contributed by atoms with Crippen molar-refractivity contribution < 1.29 is 4.74 Å². The molecule has 1 N–H and O–H groups in total. The Kier molecular flexibility index (Phi) is 6.68. The molecule has 0 radical (unpaired) electrons. The summed E-state index contributed by atoms with van der Waals surface area (Å²) in [5.74, 6) is 0. The van der Waals surface area contributed by atoms with Crippen molar-refractivity contribution in [2.24, 2.45) is 0 Å². The van der Waals surface area contributed by atoms with Gasteiger partial charge in [0.2, 0.25) is 0 Å². The Bertz CT molecular complexity index is 450. The second kappa shape index (κ2) is 8.28. The first-order chi connectivity index (χ1) is 10.0. The number of hydrogen-bond acceptors (Lipinski definition) is 3. The maximum atomic E-state index is 5.71. The Morgan fingerprint density at radius 1 is 1.43 bits per heavy atom. The molecule has 1 aliphatic rings. The van der Waals surface area contributed by atoms with E-state index in [0.717, 1.165) is 39.2 Å². The van der Waals surface area contributed by atoms with Crippen LogP contribution in [-0.2, 0) is 17.8 Å². The van der Waals surface area contributed by atoms with Gasteiger partial charge in [0.15, 0.2) is 0 Å².